The van der Waals surface area contributed by atoms with Gasteiger partial charge in [-0.05, 0) is 48.0 Å². The van der Waals surface area contributed by atoms with Gasteiger partial charge in [-0.15, -0.1) is 0 Å². The van der Waals surface area contributed by atoms with E-state index in [1.54, 1.807) is 24.3 Å². The van der Waals surface area contributed by atoms with E-state index in [9.17, 15) is 23.9 Å². The van der Waals surface area contributed by atoms with E-state index in [1.807, 2.05) is 0 Å². The summed E-state index contributed by atoms with van der Waals surface area (Å²) in [6.07, 6.45) is 1.44. The molecular weight excluding hydrogens is 445 g/mol. The van der Waals surface area contributed by atoms with Crippen molar-refractivity contribution in [2.75, 3.05) is 14.2 Å². The van der Waals surface area contributed by atoms with E-state index in [1.165, 1.54) is 49.6 Å². The topological polar surface area (TPSA) is 106 Å². The van der Waals surface area contributed by atoms with Gasteiger partial charge in [0, 0.05) is 5.56 Å². The summed E-state index contributed by atoms with van der Waals surface area (Å²) in [6.45, 7) is -0.0469. The van der Waals surface area contributed by atoms with E-state index in [-0.39, 0.29) is 29.0 Å². The highest BCUT2D eigenvalue weighted by Crippen LogP contribution is 2.40. The van der Waals surface area contributed by atoms with Crippen LogP contribution in [0.1, 0.15) is 33.3 Å². The van der Waals surface area contributed by atoms with Gasteiger partial charge < -0.3 is 23.9 Å². The number of furan rings is 1. The van der Waals surface area contributed by atoms with Crippen molar-refractivity contribution in [1.29, 1.82) is 0 Å². The van der Waals surface area contributed by atoms with Crippen molar-refractivity contribution in [2.24, 2.45) is 0 Å². The third kappa shape index (κ3) is 4.03. The summed E-state index contributed by atoms with van der Waals surface area (Å²) < 4.78 is 29.2. The molecule has 0 spiro atoms. The molecule has 0 aliphatic carbocycles. The number of methoxy groups -OCH3 is 2. The number of carbonyl (C=O) groups is 3. The second-order valence-electron chi connectivity index (χ2n) is 7.47. The van der Waals surface area contributed by atoms with Crippen molar-refractivity contribution in [3.8, 4) is 5.75 Å². The lowest BCUT2D eigenvalue weighted by molar-refractivity contribution is -0.140. The summed E-state index contributed by atoms with van der Waals surface area (Å²) in [4.78, 5) is 39.1. The van der Waals surface area contributed by atoms with Crippen LogP contribution >= 0.6 is 0 Å². The minimum atomic E-state index is -1.01. The number of aliphatic hydroxyl groups excluding tert-OH is 1. The van der Waals surface area contributed by atoms with Crippen LogP contribution in [0, 0.1) is 5.82 Å². The Kier molecular flexibility index (Phi) is 6.18. The fraction of sp³-hybridized carbons (Fsp3) is 0.160. The lowest BCUT2D eigenvalue weighted by Crippen LogP contribution is -2.29. The third-order valence-corrected chi connectivity index (χ3v) is 5.52. The summed E-state index contributed by atoms with van der Waals surface area (Å²) >= 11 is 0. The minimum absolute atomic E-state index is 0.00507. The van der Waals surface area contributed by atoms with Crippen LogP contribution in [0.5, 0.6) is 5.75 Å². The second kappa shape index (κ2) is 9.22. The van der Waals surface area contributed by atoms with Crippen LogP contribution in [0.15, 0.2) is 70.9 Å². The zero-order valence-electron chi connectivity index (χ0n) is 18.3. The SMILES string of the molecule is COC(=O)c1ccc([C@@H]2C(=C(O)c3ccc(OC)c(F)c3)C(=O)C(=O)N2Cc2ccco2)cc1. The van der Waals surface area contributed by atoms with Crippen molar-refractivity contribution in [3.63, 3.8) is 0 Å². The molecule has 34 heavy (non-hydrogen) atoms. The number of aliphatic hydroxyl groups is 1. The Balaban J connectivity index is 1.85. The van der Waals surface area contributed by atoms with Gasteiger partial charge in [-0.2, -0.15) is 0 Å². The summed E-state index contributed by atoms with van der Waals surface area (Å²) in [5.41, 5.74) is 0.512. The second-order valence-corrected chi connectivity index (χ2v) is 7.47. The Morgan fingerprint density at radius 2 is 1.79 bits per heavy atom. The smallest absolute Gasteiger partial charge is 0.337 e. The van der Waals surface area contributed by atoms with Gasteiger partial charge in [-0.1, -0.05) is 12.1 Å². The molecule has 3 aromatic rings. The number of ketones is 1. The van der Waals surface area contributed by atoms with E-state index in [2.05, 4.69) is 0 Å². The Morgan fingerprint density at radius 3 is 2.38 bits per heavy atom. The number of Topliss-reactive ketones (excluding diaryl/α,β-unsaturated/α-hetero) is 1. The molecule has 0 unspecified atom stereocenters. The number of benzene rings is 2. The Morgan fingerprint density at radius 1 is 1.09 bits per heavy atom. The van der Waals surface area contributed by atoms with Crippen LogP contribution in [0.25, 0.3) is 5.76 Å². The van der Waals surface area contributed by atoms with E-state index in [0.29, 0.717) is 11.3 Å². The maximum absolute atomic E-state index is 14.3. The van der Waals surface area contributed by atoms with Crippen molar-refractivity contribution in [1.82, 2.24) is 4.90 Å². The molecule has 174 valence electrons. The Hall–Kier alpha value is -4.40. The molecule has 1 atom stereocenters. The molecule has 0 saturated carbocycles. The van der Waals surface area contributed by atoms with Gasteiger partial charge in [0.25, 0.3) is 11.7 Å². The molecule has 4 rings (SSSR count). The highest BCUT2D eigenvalue weighted by Gasteiger charge is 2.46. The minimum Gasteiger partial charge on any atom is -0.507 e. The average Bonchev–Trinajstić information content (AvgIpc) is 3.45. The summed E-state index contributed by atoms with van der Waals surface area (Å²) in [7, 11) is 2.55. The fourth-order valence-corrected chi connectivity index (χ4v) is 3.85. The highest BCUT2D eigenvalue weighted by atomic mass is 19.1. The van der Waals surface area contributed by atoms with Gasteiger partial charge in [-0.25, -0.2) is 9.18 Å². The van der Waals surface area contributed by atoms with Crippen molar-refractivity contribution in [2.45, 2.75) is 12.6 Å². The number of nitrogens with zero attached hydrogens (tertiary/aromatic N) is 1. The average molecular weight is 465 g/mol. The van der Waals surface area contributed by atoms with Crippen LogP contribution in [-0.4, -0.2) is 41.9 Å². The predicted octanol–water partition coefficient (Wildman–Crippen LogP) is 3.84. The molecule has 8 nitrogen and oxygen atoms in total. The number of carbonyl (C=O) groups excluding carboxylic acids is 3. The number of hydrogen-bond acceptors (Lipinski definition) is 7. The number of halogens is 1. The van der Waals surface area contributed by atoms with E-state index < -0.39 is 35.3 Å². The zero-order chi connectivity index (χ0) is 24.4. The van der Waals surface area contributed by atoms with Gasteiger partial charge in [0.05, 0.1) is 44.2 Å². The van der Waals surface area contributed by atoms with Gasteiger partial charge in [0.15, 0.2) is 11.6 Å². The molecule has 1 saturated heterocycles. The maximum atomic E-state index is 14.3. The van der Waals surface area contributed by atoms with E-state index >= 15 is 0 Å². The molecule has 1 aliphatic rings. The van der Waals surface area contributed by atoms with E-state index in [0.717, 1.165) is 6.07 Å². The molecule has 9 heteroatoms. The first kappa shape index (κ1) is 22.8. The molecule has 1 aromatic heterocycles. The molecule has 0 radical (unpaired) electrons. The summed E-state index contributed by atoms with van der Waals surface area (Å²) in [6, 6.07) is 12.1. The zero-order valence-corrected chi connectivity index (χ0v) is 18.3. The molecule has 1 fully saturated rings. The van der Waals surface area contributed by atoms with Crippen molar-refractivity contribution >= 4 is 23.4 Å². The Bertz CT molecular complexity index is 1280. The number of esters is 1. The van der Waals surface area contributed by atoms with Crippen molar-refractivity contribution < 1.29 is 37.8 Å². The highest BCUT2D eigenvalue weighted by molar-refractivity contribution is 6.46. The Labute approximate surface area is 193 Å². The lowest BCUT2D eigenvalue weighted by Gasteiger charge is -2.24. The van der Waals surface area contributed by atoms with Crippen molar-refractivity contribution in [3.05, 3.63) is 94.7 Å². The molecule has 2 heterocycles. The number of hydrogen-bond donors (Lipinski definition) is 1. The predicted molar refractivity (Wildman–Crippen MR) is 117 cm³/mol. The lowest BCUT2D eigenvalue weighted by atomic mass is 9.94. The molecule has 1 amide bonds. The molecule has 1 aliphatic heterocycles. The monoisotopic (exact) mass is 465 g/mol. The van der Waals surface area contributed by atoms with Crippen LogP contribution < -0.4 is 4.74 Å². The molecule has 1 N–H and O–H groups in total. The van der Waals surface area contributed by atoms with Gasteiger partial charge in [0.2, 0.25) is 0 Å². The van der Waals surface area contributed by atoms with Gasteiger partial charge in [0.1, 0.15) is 11.5 Å². The van der Waals surface area contributed by atoms with Crippen LogP contribution in [0.3, 0.4) is 0 Å². The first-order valence-corrected chi connectivity index (χ1v) is 10.2. The normalized spacial score (nSPS) is 17.1. The van der Waals surface area contributed by atoms with E-state index in [4.69, 9.17) is 13.9 Å². The summed E-state index contributed by atoms with van der Waals surface area (Å²) in [5.74, 6) is -3.22. The van der Waals surface area contributed by atoms with Gasteiger partial charge in [-0.3, -0.25) is 9.59 Å². The molecular formula is C25H20FNO7. The van der Waals surface area contributed by atoms with Gasteiger partial charge >= 0.3 is 5.97 Å². The van der Waals surface area contributed by atoms with Crippen LogP contribution in [0.4, 0.5) is 4.39 Å². The first-order valence-electron chi connectivity index (χ1n) is 10.2. The summed E-state index contributed by atoms with van der Waals surface area (Å²) in [5, 5.41) is 11.0. The number of amides is 1. The molecule has 0 bridgehead atoms. The third-order valence-electron chi connectivity index (χ3n) is 5.52. The first-order chi connectivity index (χ1) is 16.3. The molecule has 2 aromatic carbocycles. The largest absolute Gasteiger partial charge is 0.507 e. The van der Waals surface area contributed by atoms with Crippen LogP contribution in [-0.2, 0) is 20.9 Å². The fourth-order valence-electron chi connectivity index (χ4n) is 3.85. The van der Waals surface area contributed by atoms with Crippen LogP contribution in [0.2, 0.25) is 0 Å². The number of likely N-dealkylation sites (tertiary alicyclic amines) is 1. The quantitative estimate of drug-likeness (QED) is 0.255. The maximum Gasteiger partial charge on any atom is 0.337 e. The number of rotatable bonds is 6. The standard InChI is InChI=1S/C25H20FNO7/c1-32-19-10-9-16(12-18(19)26)22(28)20-21(14-5-7-15(8-6-14)25(31)33-2)27(24(30)23(20)29)13-17-4-3-11-34-17/h3-12,21,28H,13H2,1-2H3/t21-/m1/s1. The number of ether oxygens (including phenoxy) is 2.